The van der Waals surface area contributed by atoms with Crippen molar-refractivity contribution in [3.05, 3.63) is 60.7 Å². The number of rotatable bonds is 3. The molecule has 0 aliphatic carbocycles. The zero-order valence-electron chi connectivity index (χ0n) is 10.2. The second-order valence-electron chi connectivity index (χ2n) is 3.92. The van der Waals surface area contributed by atoms with E-state index in [2.05, 4.69) is 47.8 Å². The second-order valence-corrected chi connectivity index (χ2v) is 6.54. The Morgan fingerprint density at radius 1 is 1.05 bits per heavy atom. The van der Waals surface area contributed by atoms with Crippen LogP contribution < -0.4 is 4.74 Å². The summed E-state index contributed by atoms with van der Waals surface area (Å²) >= 11 is 9.75. The Balaban J connectivity index is 2.55. The fourth-order valence-corrected chi connectivity index (χ4v) is 3.26. The number of carbonyl (C=O) groups is 1. The molecule has 0 unspecified atom stereocenters. The molecule has 0 aromatic heterocycles. The number of carbonyl (C=O) groups excluding carboxylic acids is 1. The van der Waals surface area contributed by atoms with Gasteiger partial charge in [0, 0.05) is 20.6 Å². The third-order valence-electron chi connectivity index (χ3n) is 2.66. The van der Waals surface area contributed by atoms with E-state index < -0.39 is 5.82 Å². The van der Waals surface area contributed by atoms with Crippen molar-refractivity contribution in [1.82, 2.24) is 0 Å². The van der Waals surface area contributed by atoms with Crippen molar-refractivity contribution in [2.45, 2.75) is 0 Å². The number of hydrogen-bond donors (Lipinski definition) is 0. The SMILES string of the molecule is COc1cc(F)c(Br)cc1C(=O)c1ccc(Br)cc1Br. The molecule has 0 bridgehead atoms. The normalized spacial score (nSPS) is 10.4. The highest BCUT2D eigenvalue weighted by atomic mass is 79.9. The smallest absolute Gasteiger partial charge is 0.197 e. The highest BCUT2D eigenvalue weighted by Gasteiger charge is 2.19. The first-order chi connectivity index (χ1) is 9.43. The van der Waals surface area contributed by atoms with Crippen LogP contribution in [0.3, 0.4) is 0 Å². The van der Waals surface area contributed by atoms with E-state index in [9.17, 15) is 9.18 Å². The van der Waals surface area contributed by atoms with E-state index in [-0.39, 0.29) is 16.0 Å². The first-order valence-electron chi connectivity index (χ1n) is 5.47. The van der Waals surface area contributed by atoms with Crippen molar-refractivity contribution in [3.8, 4) is 5.75 Å². The largest absolute Gasteiger partial charge is 0.496 e. The average Bonchev–Trinajstić information content (AvgIpc) is 2.40. The number of benzene rings is 2. The van der Waals surface area contributed by atoms with Crippen LogP contribution in [0.1, 0.15) is 15.9 Å². The van der Waals surface area contributed by atoms with Crippen molar-refractivity contribution >= 4 is 53.6 Å². The van der Waals surface area contributed by atoms with E-state index >= 15 is 0 Å². The van der Waals surface area contributed by atoms with E-state index in [1.54, 1.807) is 18.2 Å². The maximum absolute atomic E-state index is 13.5. The Kier molecular flexibility index (Phi) is 4.99. The van der Waals surface area contributed by atoms with E-state index in [1.165, 1.54) is 19.2 Å². The van der Waals surface area contributed by atoms with Crippen LogP contribution >= 0.6 is 47.8 Å². The van der Waals surface area contributed by atoms with Gasteiger partial charge >= 0.3 is 0 Å². The van der Waals surface area contributed by atoms with Gasteiger partial charge in [0.1, 0.15) is 11.6 Å². The lowest BCUT2D eigenvalue weighted by atomic mass is 10.0. The second kappa shape index (κ2) is 6.37. The molecule has 0 saturated carbocycles. The van der Waals surface area contributed by atoms with Crippen molar-refractivity contribution in [2.24, 2.45) is 0 Å². The lowest BCUT2D eigenvalue weighted by Gasteiger charge is -2.10. The minimum absolute atomic E-state index is 0.200. The van der Waals surface area contributed by atoms with Crippen LogP contribution in [0.4, 0.5) is 4.39 Å². The van der Waals surface area contributed by atoms with Crippen LogP contribution in [-0.4, -0.2) is 12.9 Å². The number of methoxy groups -OCH3 is 1. The van der Waals surface area contributed by atoms with Gasteiger partial charge in [-0.15, -0.1) is 0 Å². The molecule has 0 N–H and O–H groups in total. The summed E-state index contributed by atoms with van der Waals surface area (Å²) in [4.78, 5) is 12.6. The van der Waals surface area contributed by atoms with Gasteiger partial charge in [-0.2, -0.15) is 0 Å². The number of hydrogen-bond acceptors (Lipinski definition) is 2. The monoisotopic (exact) mass is 464 g/mol. The van der Waals surface area contributed by atoms with Gasteiger partial charge in [-0.05, 0) is 56.1 Å². The van der Waals surface area contributed by atoms with Gasteiger partial charge < -0.3 is 4.74 Å². The summed E-state index contributed by atoms with van der Waals surface area (Å²) in [5, 5.41) is 0. The Hall–Kier alpha value is -0.720. The summed E-state index contributed by atoms with van der Waals surface area (Å²) in [6, 6.07) is 7.84. The van der Waals surface area contributed by atoms with Gasteiger partial charge in [0.15, 0.2) is 5.78 Å². The van der Waals surface area contributed by atoms with E-state index in [0.29, 0.717) is 15.6 Å². The van der Waals surface area contributed by atoms with Gasteiger partial charge in [-0.1, -0.05) is 15.9 Å². The zero-order valence-corrected chi connectivity index (χ0v) is 15.0. The Labute approximate surface area is 140 Å². The van der Waals surface area contributed by atoms with Gasteiger partial charge in [-0.3, -0.25) is 4.79 Å². The van der Waals surface area contributed by atoms with Crippen LogP contribution in [0.5, 0.6) is 5.75 Å². The number of ether oxygens (including phenoxy) is 1. The first kappa shape index (κ1) is 15.7. The third kappa shape index (κ3) is 3.13. The zero-order chi connectivity index (χ0) is 14.9. The van der Waals surface area contributed by atoms with Crippen LogP contribution in [0.25, 0.3) is 0 Å². The van der Waals surface area contributed by atoms with Gasteiger partial charge in [0.2, 0.25) is 0 Å². The molecule has 2 aromatic carbocycles. The fourth-order valence-electron chi connectivity index (χ4n) is 1.69. The van der Waals surface area contributed by atoms with E-state index in [1.807, 2.05) is 0 Å². The summed E-state index contributed by atoms with van der Waals surface area (Å²) in [6.07, 6.45) is 0. The summed E-state index contributed by atoms with van der Waals surface area (Å²) in [7, 11) is 1.40. The molecule has 2 nitrogen and oxygen atoms in total. The molecule has 0 fully saturated rings. The molecule has 0 heterocycles. The molecule has 104 valence electrons. The van der Waals surface area contributed by atoms with E-state index in [0.717, 1.165) is 4.47 Å². The maximum atomic E-state index is 13.5. The predicted molar refractivity (Wildman–Crippen MR) is 85.9 cm³/mol. The van der Waals surface area contributed by atoms with Crippen LogP contribution in [0.2, 0.25) is 0 Å². The predicted octanol–water partition coefficient (Wildman–Crippen LogP) is 5.35. The van der Waals surface area contributed by atoms with Crippen LogP contribution in [0, 0.1) is 5.82 Å². The van der Waals surface area contributed by atoms with Crippen LogP contribution in [0.15, 0.2) is 43.7 Å². The molecule has 2 rings (SSSR count). The third-order valence-corrected chi connectivity index (χ3v) is 4.42. The molecular formula is C14H8Br3FO2. The molecule has 0 spiro atoms. The molecule has 0 atom stereocenters. The Morgan fingerprint density at radius 3 is 2.35 bits per heavy atom. The van der Waals surface area contributed by atoms with Crippen molar-refractivity contribution in [3.63, 3.8) is 0 Å². The number of halogens is 4. The minimum Gasteiger partial charge on any atom is -0.496 e. The topological polar surface area (TPSA) is 26.3 Å². The molecular weight excluding hydrogens is 459 g/mol. The Bertz CT molecular complexity index is 686. The maximum Gasteiger partial charge on any atom is 0.197 e. The standard InChI is InChI=1S/C14H8Br3FO2/c1-20-13-6-12(18)11(17)5-9(13)14(19)8-3-2-7(15)4-10(8)16/h2-6H,1H3. The van der Waals surface area contributed by atoms with Gasteiger partial charge in [0.05, 0.1) is 17.1 Å². The molecule has 6 heteroatoms. The summed E-state index contributed by atoms with van der Waals surface area (Å²) in [6.45, 7) is 0. The molecule has 0 aliphatic rings. The van der Waals surface area contributed by atoms with Gasteiger partial charge in [-0.25, -0.2) is 4.39 Å². The highest BCUT2D eigenvalue weighted by molar-refractivity contribution is 9.11. The van der Waals surface area contributed by atoms with Gasteiger partial charge in [0.25, 0.3) is 0 Å². The van der Waals surface area contributed by atoms with Crippen molar-refractivity contribution in [1.29, 1.82) is 0 Å². The first-order valence-corrected chi connectivity index (χ1v) is 7.84. The van der Waals surface area contributed by atoms with Crippen molar-refractivity contribution < 1.29 is 13.9 Å². The summed E-state index contributed by atoms with van der Waals surface area (Å²) in [5.41, 5.74) is 0.772. The fraction of sp³-hybridized carbons (Fsp3) is 0.0714. The number of ketones is 1. The molecule has 0 amide bonds. The van der Waals surface area contributed by atoms with E-state index in [4.69, 9.17) is 4.74 Å². The lowest BCUT2D eigenvalue weighted by Crippen LogP contribution is -2.05. The minimum atomic E-state index is -0.478. The molecule has 2 aromatic rings. The summed E-state index contributed by atoms with van der Waals surface area (Å²) in [5.74, 6) is -0.527. The molecule has 0 aliphatic heterocycles. The van der Waals surface area contributed by atoms with Crippen LogP contribution in [-0.2, 0) is 0 Å². The summed E-state index contributed by atoms with van der Waals surface area (Å²) < 4.78 is 20.3. The quantitative estimate of drug-likeness (QED) is 0.570. The average molecular weight is 467 g/mol. The molecule has 0 radical (unpaired) electrons. The highest BCUT2D eigenvalue weighted by Crippen LogP contribution is 2.31. The molecule has 0 saturated heterocycles. The van der Waals surface area contributed by atoms with Crippen molar-refractivity contribution in [2.75, 3.05) is 7.11 Å². The lowest BCUT2D eigenvalue weighted by molar-refractivity contribution is 0.103. The molecule has 20 heavy (non-hydrogen) atoms. The Morgan fingerprint density at radius 2 is 1.75 bits per heavy atom.